The summed E-state index contributed by atoms with van der Waals surface area (Å²) in [4.78, 5) is 0. The third-order valence-electron chi connectivity index (χ3n) is 12.7. The van der Waals surface area contributed by atoms with Gasteiger partial charge in [-0.15, -0.1) is 0 Å². The van der Waals surface area contributed by atoms with Crippen LogP contribution in [0.3, 0.4) is 0 Å². The van der Waals surface area contributed by atoms with Gasteiger partial charge in [0.2, 0.25) is 0 Å². The standard InChI is InChI=1S/C55H37N/c1-55(2)51-19-11-10-18-44(51)48-29-39(25-27-52(48)55)35-22-20-34(21-23-35)38-24-26-43-45(28-38)41-16-8-9-17-42(41)46-32-50-49-30-36-12-6-7-13-37(36)31-53(49)56(54(50)33-47(43)46)40-14-4-3-5-15-40/h3-33H,1-2H3. The van der Waals surface area contributed by atoms with Crippen LogP contribution in [0.5, 0.6) is 0 Å². The fraction of sp³-hybridized carbons (Fsp3) is 0.0545. The molecule has 0 N–H and O–H groups in total. The Balaban J connectivity index is 1.03. The first-order valence-corrected chi connectivity index (χ1v) is 19.7. The van der Waals surface area contributed by atoms with Crippen molar-refractivity contribution in [1.29, 1.82) is 0 Å². The number of para-hydroxylation sites is 1. The van der Waals surface area contributed by atoms with Crippen LogP contribution in [0, 0.1) is 0 Å². The molecule has 0 bridgehead atoms. The summed E-state index contributed by atoms with van der Waals surface area (Å²) in [6.07, 6.45) is 0. The number of nitrogens with zero attached hydrogens (tertiary/aromatic N) is 1. The maximum absolute atomic E-state index is 2.45. The Bertz CT molecular complexity index is 3420. The minimum Gasteiger partial charge on any atom is -0.309 e. The molecule has 0 amide bonds. The zero-order valence-electron chi connectivity index (χ0n) is 31.3. The van der Waals surface area contributed by atoms with Crippen molar-refractivity contribution in [1.82, 2.24) is 4.57 Å². The molecule has 56 heavy (non-hydrogen) atoms. The zero-order chi connectivity index (χ0) is 37.1. The lowest BCUT2D eigenvalue weighted by atomic mass is 9.82. The maximum Gasteiger partial charge on any atom is 0.0547 e. The van der Waals surface area contributed by atoms with Crippen LogP contribution >= 0.6 is 0 Å². The topological polar surface area (TPSA) is 4.93 Å². The van der Waals surface area contributed by atoms with E-state index >= 15 is 0 Å². The Morgan fingerprint density at radius 2 is 0.839 bits per heavy atom. The number of aromatic nitrogens is 1. The molecule has 12 rings (SSSR count). The molecule has 0 aliphatic heterocycles. The molecule has 0 radical (unpaired) electrons. The van der Waals surface area contributed by atoms with E-state index in [9.17, 15) is 0 Å². The highest BCUT2D eigenvalue weighted by molar-refractivity contribution is 6.29. The third kappa shape index (κ3) is 4.43. The molecule has 1 nitrogen and oxygen atoms in total. The molecule has 11 aromatic rings. The van der Waals surface area contributed by atoms with Crippen molar-refractivity contribution in [2.24, 2.45) is 0 Å². The summed E-state index contributed by atoms with van der Waals surface area (Å²) in [6.45, 7) is 4.68. The summed E-state index contributed by atoms with van der Waals surface area (Å²) in [6, 6.07) is 70.2. The van der Waals surface area contributed by atoms with Crippen molar-refractivity contribution < 1.29 is 0 Å². The number of hydrogen-bond donors (Lipinski definition) is 0. The minimum atomic E-state index is 0.0152. The Labute approximate surface area is 325 Å². The summed E-state index contributed by atoms with van der Waals surface area (Å²) < 4.78 is 2.45. The number of rotatable bonds is 3. The highest BCUT2D eigenvalue weighted by Gasteiger charge is 2.35. The van der Waals surface area contributed by atoms with E-state index in [1.54, 1.807) is 0 Å². The van der Waals surface area contributed by atoms with E-state index < -0.39 is 0 Å². The lowest BCUT2D eigenvalue weighted by molar-refractivity contribution is 0.660. The third-order valence-corrected chi connectivity index (χ3v) is 12.7. The Morgan fingerprint density at radius 3 is 1.61 bits per heavy atom. The van der Waals surface area contributed by atoms with Gasteiger partial charge in [-0.2, -0.15) is 0 Å². The first-order chi connectivity index (χ1) is 27.5. The van der Waals surface area contributed by atoms with Crippen molar-refractivity contribution in [2.75, 3.05) is 0 Å². The fourth-order valence-corrected chi connectivity index (χ4v) is 9.94. The van der Waals surface area contributed by atoms with Crippen molar-refractivity contribution in [2.45, 2.75) is 19.3 Å². The molecule has 0 fully saturated rings. The van der Waals surface area contributed by atoms with Crippen LogP contribution in [0.4, 0.5) is 0 Å². The van der Waals surface area contributed by atoms with Crippen molar-refractivity contribution in [3.05, 3.63) is 199 Å². The molecule has 1 aliphatic carbocycles. The second-order valence-corrected chi connectivity index (χ2v) is 16.1. The summed E-state index contributed by atoms with van der Waals surface area (Å²) >= 11 is 0. The average molecular weight is 712 g/mol. The smallest absolute Gasteiger partial charge is 0.0547 e. The number of fused-ring (bicyclic) bond motifs is 13. The van der Waals surface area contributed by atoms with Gasteiger partial charge in [-0.25, -0.2) is 0 Å². The van der Waals surface area contributed by atoms with Gasteiger partial charge in [0.15, 0.2) is 0 Å². The monoisotopic (exact) mass is 711 g/mol. The Morgan fingerprint density at radius 1 is 0.321 bits per heavy atom. The molecule has 0 atom stereocenters. The molecule has 10 aromatic carbocycles. The zero-order valence-corrected chi connectivity index (χ0v) is 31.3. The van der Waals surface area contributed by atoms with Crippen LogP contribution in [0.25, 0.3) is 104 Å². The normalized spacial score (nSPS) is 13.3. The quantitative estimate of drug-likeness (QED) is 0.161. The fourth-order valence-electron chi connectivity index (χ4n) is 9.94. The second kappa shape index (κ2) is 11.5. The van der Waals surface area contributed by atoms with Crippen molar-refractivity contribution in [3.63, 3.8) is 0 Å². The summed E-state index contributed by atoms with van der Waals surface area (Å²) in [5.74, 6) is 0. The molecule has 1 aliphatic rings. The van der Waals surface area contributed by atoms with Crippen LogP contribution in [-0.4, -0.2) is 4.57 Å². The molecule has 0 saturated heterocycles. The molecule has 0 spiro atoms. The first kappa shape index (κ1) is 31.4. The van der Waals surface area contributed by atoms with Crippen molar-refractivity contribution in [3.8, 4) is 39.1 Å². The number of hydrogen-bond acceptors (Lipinski definition) is 0. The highest BCUT2D eigenvalue weighted by Crippen LogP contribution is 2.50. The summed E-state index contributed by atoms with van der Waals surface area (Å²) in [5, 5.41) is 12.8. The molecular weight excluding hydrogens is 675 g/mol. The van der Waals surface area contributed by atoms with Gasteiger partial charge in [0, 0.05) is 21.9 Å². The van der Waals surface area contributed by atoms with Crippen LogP contribution < -0.4 is 0 Å². The largest absolute Gasteiger partial charge is 0.309 e. The lowest BCUT2D eigenvalue weighted by Gasteiger charge is -2.21. The van der Waals surface area contributed by atoms with E-state index in [0.717, 1.165) is 0 Å². The highest BCUT2D eigenvalue weighted by atomic mass is 15.0. The van der Waals surface area contributed by atoms with Gasteiger partial charge in [-0.05, 0) is 136 Å². The molecular formula is C55H37N. The molecule has 1 aromatic heterocycles. The van der Waals surface area contributed by atoms with E-state index in [2.05, 4.69) is 206 Å². The first-order valence-electron chi connectivity index (χ1n) is 19.7. The van der Waals surface area contributed by atoms with Gasteiger partial charge in [0.1, 0.15) is 0 Å². The van der Waals surface area contributed by atoms with Gasteiger partial charge in [0.05, 0.1) is 11.0 Å². The van der Waals surface area contributed by atoms with Crippen LogP contribution in [-0.2, 0) is 5.41 Å². The van der Waals surface area contributed by atoms with Gasteiger partial charge in [-0.3, -0.25) is 0 Å². The van der Waals surface area contributed by atoms with E-state index in [0.29, 0.717) is 0 Å². The van der Waals surface area contributed by atoms with E-state index in [1.807, 2.05) is 0 Å². The Kier molecular flexibility index (Phi) is 6.46. The maximum atomic E-state index is 2.45. The van der Waals surface area contributed by atoms with E-state index in [4.69, 9.17) is 0 Å². The van der Waals surface area contributed by atoms with Crippen LogP contribution in [0.15, 0.2) is 188 Å². The average Bonchev–Trinajstić information content (AvgIpc) is 3.69. The second-order valence-electron chi connectivity index (χ2n) is 16.1. The molecule has 0 unspecified atom stereocenters. The van der Waals surface area contributed by atoms with Gasteiger partial charge in [-0.1, -0.05) is 153 Å². The predicted molar refractivity (Wildman–Crippen MR) is 239 cm³/mol. The predicted octanol–water partition coefficient (Wildman–Crippen LogP) is 15.0. The molecule has 0 saturated carbocycles. The van der Waals surface area contributed by atoms with E-state index in [-0.39, 0.29) is 5.41 Å². The molecule has 1 heteroatoms. The summed E-state index contributed by atoms with van der Waals surface area (Å²) in [5.41, 5.74) is 14.1. The molecule has 1 heterocycles. The van der Waals surface area contributed by atoms with Crippen molar-refractivity contribution >= 4 is 64.9 Å². The van der Waals surface area contributed by atoms with Gasteiger partial charge in [0.25, 0.3) is 0 Å². The van der Waals surface area contributed by atoms with Crippen LogP contribution in [0.2, 0.25) is 0 Å². The van der Waals surface area contributed by atoms with Crippen LogP contribution in [0.1, 0.15) is 25.0 Å². The Hall–Kier alpha value is -6.96. The summed E-state index contributed by atoms with van der Waals surface area (Å²) in [7, 11) is 0. The number of benzene rings is 10. The van der Waals surface area contributed by atoms with E-state index in [1.165, 1.54) is 115 Å². The van der Waals surface area contributed by atoms with Gasteiger partial charge < -0.3 is 4.57 Å². The minimum absolute atomic E-state index is 0.0152. The lowest BCUT2D eigenvalue weighted by Crippen LogP contribution is -2.14. The molecule has 262 valence electrons. The SMILES string of the molecule is CC1(C)c2ccccc2-c2cc(-c3ccc(-c4ccc5c(c4)c4ccccc4c4cc6c7cc8ccccc8cc7n(-c7ccccc7)c6cc54)cc3)ccc21. The van der Waals surface area contributed by atoms with Gasteiger partial charge >= 0.3 is 0 Å².